The van der Waals surface area contributed by atoms with Crippen molar-refractivity contribution in [1.29, 1.82) is 0 Å². The molecular weight excluding hydrogens is 360 g/mol. The maximum Gasteiger partial charge on any atom is 0.323 e. The van der Waals surface area contributed by atoms with Crippen LogP contribution in [-0.2, 0) is 32.2 Å². The van der Waals surface area contributed by atoms with Gasteiger partial charge in [0.2, 0.25) is 0 Å². The Hall–Kier alpha value is -2.03. The van der Waals surface area contributed by atoms with Crippen molar-refractivity contribution in [2.45, 2.75) is 45.8 Å². The van der Waals surface area contributed by atoms with Crippen LogP contribution < -0.4 is 10.6 Å². The first-order valence-electron chi connectivity index (χ1n) is 10.1. The summed E-state index contributed by atoms with van der Waals surface area (Å²) in [6.45, 7) is 8.49. The van der Waals surface area contributed by atoms with E-state index in [1.807, 2.05) is 23.1 Å². The molecule has 0 saturated heterocycles. The Bertz CT molecular complexity index is 626. The molecule has 1 atom stereocenters. The third-order valence-electron chi connectivity index (χ3n) is 4.52. The monoisotopic (exact) mass is 392 g/mol. The maximum absolute atomic E-state index is 12.6. The Balaban J connectivity index is 2.18. The molecule has 156 valence electrons. The van der Waals surface area contributed by atoms with Gasteiger partial charge in [-0.3, -0.25) is 19.5 Å². The summed E-state index contributed by atoms with van der Waals surface area (Å²) in [5, 5.41) is 6.75. The van der Waals surface area contributed by atoms with Crippen molar-refractivity contribution in [2.24, 2.45) is 0 Å². The van der Waals surface area contributed by atoms with Crippen molar-refractivity contribution in [1.82, 2.24) is 20.5 Å². The molecule has 1 aromatic heterocycles. The molecule has 2 heterocycles. The summed E-state index contributed by atoms with van der Waals surface area (Å²) in [6, 6.07) is 5.42. The van der Waals surface area contributed by atoms with Gasteiger partial charge in [-0.15, -0.1) is 0 Å². The third kappa shape index (κ3) is 7.53. The van der Waals surface area contributed by atoms with Gasteiger partial charge in [0, 0.05) is 45.7 Å². The van der Waals surface area contributed by atoms with Crippen molar-refractivity contribution in [3.63, 3.8) is 0 Å². The molecule has 28 heavy (non-hydrogen) atoms. The first-order chi connectivity index (χ1) is 13.6. The summed E-state index contributed by atoms with van der Waals surface area (Å²) in [4.78, 5) is 31.2. The van der Waals surface area contributed by atoms with Crippen LogP contribution in [0.5, 0.6) is 0 Å². The van der Waals surface area contributed by atoms with E-state index in [1.165, 1.54) is 0 Å². The second-order valence-corrected chi connectivity index (χ2v) is 6.63. The first-order valence-corrected chi connectivity index (χ1v) is 10.1. The van der Waals surface area contributed by atoms with Crippen molar-refractivity contribution >= 4 is 11.9 Å². The quantitative estimate of drug-likeness (QED) is 0.660. The molecule has 0 aliphatic carbocycles. The summed E-state index contributed by atoms with van der Waals surface area (Å²) in [5.41, 5.74) is 1.86. The molecule has 8 heteroatoms. The van der Waals surface area contributed by atoms with Crippen LogP contribution in [0.3, 0.4) is 0 Å². The third-order valence-corrected chi connectivity index (χ3v) is 4.52. The van der Waals surface area contributed by atoms with Crippen molar-refractivity contribution in [2.75, 3.05) is 39.4 Å². The van der Waals surface area contributed by atoms with E-state index >= 15 is 0 Å². The molecule has 0 aromatic carbocycles. The summed E-state index contributed by atoms with van der Waals surface area (Å²) >= 11 is 0. The van der Waals surface area contributed by atoms with Gasteiger partial charge in [-0.25, -0.2) is 0 Å². The topological polar surface area (TPSA) is 92.8 Å². The molecule has 0 saturated carbocycles. The number of rotatable bonds is 7. The number of carbonyl (C=O) groups excluding carboxylic acids is 2. The van der Waals surface area contributed by atoms with Crippen LogP contribution in [0.25, 0.3) is 0 Å². The van der Waals surface area contributed by atoms with E-state index in [9.17, 15) is 9.59 Å². The Morgan fingerprint density at radius 3 is 2.64 bits per heavy atom. The summed E-state index contributed by atoms with van der Waals surface area (Å²) < 4.78 is 10.3. The normalized spacial score (nSPS) is 17.1. The Morgan fingerprint density at radius 1 is 1.11 bits per heavy atom. The van der Waals surface area contributed by atoms with Gasteiger partial charge < -0.3 is 20.1 Å². The number of nitrogens with one attached hydrogen (secondary N) is 2. The molecule has 2 bridgehead atoms. The number of hydrogen-bond donors (Lipinski definition) is 2. The lowest BCUT2D eigenvalue weighted by molar-refractivity contribution is -0.151. The Morgan fingerprint density at radius 2 is 1.86 bits per heavy atom. The average molecular weight is 393 g/mol. The van der Waals surface area contributed by atoms with Gasteiger partial charge in [0.05, 0.1) is 24.6 Å². The molecule has 1 aliphatic heterocycles. The number of nitrogens with zero attached hydrogens (tertiary/aromatic N) is 2. The average Bonchev–Trinajstić information content (AvgIpc) is 2.67. The molecule has 1 aliphatic rings. The highest BCUT2D eigenvalue weighted by Gasteiger charge is 2.28. The lowest BCUT2D eigenvalue weighted by atomic mass is 10.1. The zero-order valence-electron chi connectivity index (χ0n) is 16.9. The van der Waals surface area contributed by atoms with Crippen LogP contribution in [0, 0.1) is 0 Å². The zero-order valence-corrected chi connectivity index (χ0v) is 16.9. The van der Waals surface area contributed by atoms with E-state index < -0.39 is 6.04 Å². The minimum Gasteiger partial charge on any atom is -0.466 e. The van der Waals surface area contributed by atoms with E-state index in [-0.39, 0.29) is 18.4 Å². The molecule has 1 unspecified atom stereocenters. The first kappa shape index (κ1) is 22.3. The largest absolute Gasteiger partial charge is 0.466 e. The lowest BCUT2D eigenvalue weighted by Gasteiger charge is -2.30. The maximum atomic E-state index is 12.6. The molecule has 0 amide bonds. The molecule has 2 rings (SSSR count). The van der Waals surface area contributed by atoms with Crippen LogP contribution in [-0.4, -0.2) is 67.3 Å². The zero-order chi connectivity index (χ0) is 20.2. The van der Waals surface area contributed by atoms with E-state index in [0.717, 1.165) is 31.0 Å². The lowest BCUT2D eigenvalue weighted by Crippen LogP contribution is -2.46. The Labute approximate surface area is 167 Å². The van der Waals surface area contributed by atoms with Crippen LogP contribution in [0.2, 0.25) is 0 Å². The highest BCUT2D eigenvalue weighted by molar-refractivity contribution is 5.77. The molecular formula is C20H32N4O4. The predicted octanol–water partition coefficient (Wildman–Crippen LogP) is 0.851. The van der Waals surface area contributed by atoms with Crippen molar-refractivity contribution < 1.29 is 19.1 Å². The number of fused-ring (bicyclic) bond motifs is 2. The number of pyridine rings is 1. The van der Waals surface area contributed by atoms with Gasteiger partial charge in [-0.05, 0) is 32.4 Å². The second kappa shape index (κ2) is 12.4. The van der Waals surface area contributed by atoms with E-state index in [1.54, 1.807) is 13.8 Å². The van der Waals surface area contributed by atoms with Crippen LogP contribution in [0.1, 0.15) is 38.1 Å². The number of carbonyl (C=O) groups is 2. The second-order valence-electron chi connectivity index (χ2n) is 6.63. The van der Waals surface area contributed by atoms with Gasteiger partial charge in [0.15, 0.2) is 0 Å². The summed E-state index contributed by atoms with van der Waals surface area (Å²) in [5.74, 6) is -0.604. The number of esters is 2. The summed E-state index contributed by atoms with van der Waals surface area (Å²) in [7, 11) is 0. The smallest absolute Gasteiger partial charge is 0.323 e. The van der Waals surface area contributed by atoms with Crippen LogP contribution in [0.4, 0.5) is 0 Å². The highest BCUT2D eigenvalue weighted by atomic mass is 16.5. The molecule has 0 fully saturated rings. The fraction of sp³-hybridized carbons (Fsp3) is 0.650. The standard InChI is InChI=1S/C20H32N4O4/c1-3-27-19(25)9-8-18(20(26)28-4-2)24-13-12-21-10-11-22-14-16-6-5-7-17(15-24)23-16/h5-7,18,21-22H,3-4,8-15H2,1-2H3. The number of ether oxygens (including phenoxy) is 2. The minimum absolute atomic E-state index is 0.179. The minimum atomic E-state index is -0.516. The number of hydrogen-bond acceptors (Lipinski definition) is 8. The predicted molar refractivity (Wildman–Crippen MR) is 106 cm³/mol. The fourth-order valence-electron chi connectivity index (χ4n) is 3.19. The van der Waals surface area contributed by atoms with Crippen LogP contribution >= 0.6 is 0 Å². The van der Waals surface area contributed by atoms with E-state index in [0.29, 0.717) is 39.3 Å². The molecule has 2 N–H and O–H groups in total. The molecule has 0 radical (unpaired) electrons. The Kier molecular flexibility index (Phi) is 9.88. The fourth-order valence-corrected chi connectivity index (χ4v) is 3.19. The number of aromatic nitrogens is 1. The summed E-state index contributed by atoms with van der Waals surface area (Å²) in [6.07, 6.45) is 0.539. The molecule has 8 nitrogen and oxygen atoms in total. The van der Waals surface area contributed by atoms with Gasteiger partial charge in [-0.2, -0.15) is 0 Å². The van der Waals surface area contributed by atoms with Gasteiger partial charge in [0.1, 0.15) is 6.04 Å². The van der Waals surface area contributed by atoms with E-state index in [4.69, 9.17) is 14.5 Å². The highest BCUT2D eigenvalue weighted by Crippen LogP contribution is 2.14. The van der Waals surface area contributed by atoms with Crippen LogP contribution in [0.15, 0.2) is 18.2 Å². The molecule has 1 aromatic rings. The van der Waals surface area contributed by atoms with Crippen molar-refractivity contribution in [3.05, 3.63) is 29.6 Å². The molecule has 0 spiro atoms. The van der Waals surface area contributed by atoms with Gasteiger partial charge in [0.25, 0.3) is 0 Å². The SMILES string of the molecule is CCOC(=O)CCC(C(=O)OCC)N1CCNCCNCc2cccc(n2)C1. The van der Waals surface area contributed by atoms with Gasteiger partial charge in [-0.1, -0.05) is 6.07 Å². The van der Waals surface area contributed by atoms with Crippen molar-refractivity contribution in [3.8, 4) is 0 Å². The van der Waals surface area contributed by atoms with E-state index in [2.05, 4.69) is 10.6 Å². The van der Waals surface area contributed by atoms with Gasteiger partial charge >= 0.3 is 11.9 Å².